The second kappa shape index (κ2) is 6.34. The Balaban J connectivity index is 2.13. The van der Waals surface area contributed by atoms with Crippen molar-refractivity contribution in [1.82, 2.24) is 0 Å². The molecule has 0 aromatic heterocycles. The fraction of sp³-hybridized carbons (Fsp3) is 0.571. The highest BCUT2D eigenvalue weighted by atomic mass is 32.2. The zero-order chi connectivity index (χ0) is 13.0. The van der Waals surface area contributed by atoms with Gasteiger partial charge in [0.05, 0.1) is 7.11 Å². The highest BCUT2D eigenvalue weighted by molar-refractivity contribution is 7.99. The number of nitrogens with two attached hydrogens (primary N) is 1. The lowest BCUT2D eigenvalue weighted by Gasteiger charge is -2.17. The van der Waals surface area contributed by atoms with E-state index in [1.165, 1.54) is 11.3 Å². The summed E-state index contributed by atoms with van der Waals surface area (Å²) in [5.74, 6) is 3.91. The monoisotopic (exact) mass is 267 g/mol. The van der Waals surface area contributed by atoms with Crippen LogP contribution in [-0.2, 0) is 6.42 Å². The zero-order valence-electron chi connectivity index (χ0n) is 11.0. The molecule has 3 nitrogen and oxygen atoms in total. The first-order chi connectivity index (χ1) is 8.69. The lowest BCUT2D eigenvalue weighted by molar-refractivity contribution is 0.218. The van der Waals surface area contributed by atoms with E-state index < -0.39 is 0 Å². The van der Waals surface area contributed by atoms with E-state index in [0.717, 1.165) is 30.1 Å². The molecule has 1 aliphatic rings. The summed E-state index contributed by atoms with van der Waals surface area (Å²) in [6.07, 6.45) is 2.29. The lowest BCUT2D eigenvalue weighted by atomic mass is 10.1. The van der Waals surface area contributed by atoms with Gasteiger partial charge in [-0.2, -0.15) is 11.8 Å². The Labute approximate surface area is 113 Å². The van der Waals surface area contributed by atoms with Crippen molar-refractivity contribution < 1.29 is 9.47 Å². The number of hydrogen-bond acceptors (Lipinski definition) is 4. The van der Waals surface area contributed by atoms with Gasteiger partial charge in [0.15, 0.2) is 11.5 Å². The Morgan fingerprint density at radius 2 is 2.28 bits per heavy atom. The highest BCUT2D eigenvalue weighted by Gasteiger charge is 2.19. The number of thioether (sulfide) groups is 1. The van der Waals surface area contributed by atoms with E-state index in [4.69, 9.17) is 15.2 Å². The minimum Gasteiger partial charge on any atom is -0.493 e. The third-order valence-corrected chi connectivity index (χ3v) is 4.10. The van der Waals surface area contributed by atoms with Crippen molar-refractivity contribution in [2.75, 3.05) is 18.6 Å². The standard InChI is InChI=1S/C14H21NO2S/c1-10(15)7-11-3-4-13(16-2)14(8-11)17-12-5-6-18-9-12/h3-4,8,10,12H,5-7,9,15H2,1-2H3. The maximum atomic E-state index is 6.03. The van der Waals surface area contributed by atoms with Crippen LogP contribution in [0.15, 0.2) is 18.2 Å². The van der Waals surface area contributed by atoms with E-state index in [2.05, 4.69) is 12.1 Å². The fourth-order valence-corrected chi connectivity index (χ4v) is 3.19. The van der Waals surface area contributed by atoms with E-state index in [1.807, 2.05) is 24.8 Å². The summed E-state index contributed by atoms with van der Waals surface area (Å²) in [7, 11) is 1.68. The van der Waals surface area contributed by atoms with Gasteiger partial charge in [-0.15, -0.1) is 0 Å². The largest absolute Gasteiger partial charge is 0.493 e. The smallest absolute Gasteiger partial charge is 0.161 e. The van der Waals surface area contributed by atoms with E-state index in [0.29, 0.717) is 6.10 Å². The molecule has 1 fully saturated rings. The predicted molar refractivity (Wildman–Crippen MR) is 76.7 cm³/mol. The van der Waals surface area contributed by atoms with E-state index in [1.54, 1.807) is 7.11 Å². The molecule has 1 aromatic carbocycles. The molecule has 2 unspecified atom stereocenters. The molecular formula is C14H21NO2S. The second-order valence-corrected chi connectivity index (χ2v) is 5.92. The van der Waals surface area contributed by atoms with Crippen LogP contribution in [0.5, 0.6) is 11.5 Å². The molecule has 0 radical (unpaired) electrons. The summed E-state index contributed by atoms with van der Waals surface area (Å²) >= 11 is 1.94. The number of methoxy groups -OCH3 is 1. The van der Waals surface area contributed by atoms with E-state index >= 15 is 0 Å². The number of benzene rings is 1. The minimum absolute atomic E-state index is 0.160. The van der Waals surface area contributed by atoms with Gasteiger partial charge >= 0.3 is 0 Å². The molecule has 1 saturated heterocycles. The van der Waals surface area contributed by atoms with Crippen molar-refractivity contribution >= 4 is 11.8 Å². The fourth-order valence-electron chi connectivity index (χ4n) is 2.10. The minimum atomic E-state index is 0.160. The molecule has 2 N–H and O–H groups in total. The van der Waals surface area contributed by atoms with E-state index in [9.17, 15) is 0 Å². The molecule has 0 aliphatic carbocycles. The van der Waals surface area contributed by atoms with Crippen LogP contribution in [0.3, 0.4) is 0 Å². The lowest BCUT2D eigenvalue weighted by Crippen LogP contribution is -2.18. The molecule has 4 heteroatoms. The Kier molecular flexibility index (Phi) is 4.78. The molecule has 0 spiro atoms. The Morgan fingerprint density at radius 1 is 1.44 bits per heavy atom. The molecule has 100 valence electrons. The normalized spacial score (nSPS) is 20.7. The Bertz CT molecular complexity index is 389. The summed E-state index contributed by atoms with van der Waals surface area (Å²) < 4.78 is 11.4. The summed E-state index contributed by atoms with van der Waals surface area (Å²) in [6.45, 7) is 2.01. The molecule has 18 heavy (non-hydrogen) atoms. The van der Waals surface area contributed by atoms with Crippen LogP contribution >= 0.6 is 11.8 Å². The number of hydrogen-bond donors (Lipinski definition) is 1. The summed E-state index contributed by atoms with van der Waals surface area (Å²) in [5.41, 5.74) is 7.03. The van der Waals surface area contributed by atoms with Gasteiger partial charge < -0.3 is 15.2 Å². The quantitative estimate of drug-likeness (QED) is 0.890. The first kappa shape index (κ1) is 13.6. The summed E-state index contributed by atoms with van der Waals surface area (Å²) in [4.78, 5) is 0. The third kappa shape index (κ3) is 3.56. The van der Waals surface area contributed by atoms with Crippen LogP contribution in [0, 0.1) is 0 Å². The average Bonchev–Trinajstić information content (AvgIpc) is 2.81. The van der Waals surface area contributed by atoms with Gasteiger partial charge in [0.25, 0.3) is 0 Å². The maximum Gasteiger partial charge on any atom is 0.161 e. The van der Waals surface area contributed by atoms with Crippen molar-refractivity contribution in [3.8, 4) is 11.5 Å². The molecule has 0 bridgehead atoms. The summed E-state index contributed by atoms with van der Waals surface area (Å²) in [5, 5.41) is 0. The van der Waals surface area contributed by atoms with Crippen LogP contribution in [0.2, 0.25) is 0 Å². The van der Waals surface area contributed by atoms with Gasteiger partial charge in [-0.05, 0) is 43.2 Å². The number of rotatable bonds is 5. The maximum absolute atomic E-state index is 6.03. The molecule has 1 aromatic rings. The van der Waals surface area contributed by atoms with Gasteiger partial charge in [-0.3, -0.25) is 0 Å². The zero-order valence-corrected chi connectivity index (χ0v) is 11.8. The van der Waals surface area contributed by atoms with Crippen molar-refractivity contribution in [2.45, 2.75) is 31.9 Å². The topological polar surface area (TPSA) is 44.5 Å². The van der Waals surface area contributed by atoms with Crippen LogP contribution < -0.4 is 15.2 Å². The van der Waals surface area contributed by atoms with Crippen LogP contribution in [0.1, 0.15) is 18.9 Å². The van der Waals surface area contributed by atoms with E-state index in [-0.39, 0.29) is 6.04 Å². The average molecular weight is 267 g/mol. The van der Waals surface area contributed by atoms with Crippen molar-refractivity contribution in [3.05, 3.63) is 23.8 Å². The van der Waals surface area contributed by atoms with Crippen molar-refractivity contribution in [2.24, 2.45) is 5.73 Å². The number of ether oxygens (including phenoxy) is 2. The van der Waals surface area contributed by atoms with Gasteiger partial charge in [0.2, 0.25) is 0 Å². The van der Waals surface area contributed by atoms with Crippen LogP contribution in [-0.4, -0.2) is 30.8 Å². The molecule has 0 saturated carbocycles. The highest BCUT2D eigenvalue weighted by Crippen LogP contribution is 2.32. The first-order valence-electron chi connectivity index (χ1n) is 6.36. The molecule has 0 amide bonds. The Hall–Kier alpha value is -0.870. The van der Waals surface area contributed by atoms with Gasteiger partial charge in [0, 0.05) is 11.8 Å². The predicted octanol–water partition coefficient (Wildman–Crippen LogP) is 2.47. The molecule has 1 aliphatic heterocycles. The van der Waals surface area contributed by atoms with Crippen molar-refractivity contribution in [1.29, 1.82) is 0 Å². The summed E-state index contributed by atoms with van der Waals surface area (Å²) in [6, 6.07) is 6.24. The van der Waals surface area contributed by atoms with Gasteiger partial charge in [0.1, 0.15) is 6.10 Å². The molecule has 2 atom stereocenters. The third-order valence-electron chi connectivity index (χ3n) is 2.97. The molecule has 2 rings (SSSR count). The first-order valence-corrected chi connectivity index (χ1v) is 7.51. The van der Waals surface area contributed by atoms with Gasteiger partial charge in [-0.25, -0.2) is 0 Å². The van der Waals surface area contributed by atoms with Crippen molar-refractivity contribution in [3.63, 3.8) is 0 Å². The SMILES string of the molecule is COc1ccc(CC(C)N)cc1OC1CCSC1. The van der Waals surface area contributed by atoms with Crippen LogP contribution in [0.25, 0.3) is 0 Å². The second-order valence-electron chi connectivity index (χ2n) is 4.77. The Morgan fingerprint density at radius 3 is 2.89 bits per heavy atom. The van der Waals surface area contributed by atoms with Gasteiger partial charge in [-0.1, -0.05) is 6.07 Å². The van der Waals surface area contributed by atoms with Crippen LogP contribution in [0.4, 0.5) is 0 Å². The molecular weight excluding hydrogens is 246 g/mol. The molecule has 1 heterocycles.